The Morgan fingerprint density at radius 1 is 1.10 bits per heavy atom. The maximum absolute atomic E-state index is 13.2. The second-order valence-corrected chi connectivity index (χ2v) is 7.24. The number of hydrogen-bond acceptors (Lipinski definition) is 4. The highest BCUT2D eigenvalue weighted by Crippen LogP contribution is 2.21. The first-order valence-corrected chi connectivity index (χ1v) is 9.83. The van der Waals surface area contributed by atoms with Gasteiger partial charge >= 0.3 is 6.16 Å². The Morgan fingerprint density at radius 2 is 1.90 bits per heavy atom. The molecule has 0 radical (unpaired) electrons. The number of carbonyl (C=O) groups excluding carboxylic acids is 2. The molecule has 0 aliphatic heterocycles. The number of nitrogens with zero attached hydrogens (tertiary/aromatic N) is 1. The number of methoxy groups -OCH3 is 1. The van der Waals surface area contributed by atoms with E-state index in [4.69, 9.17) is 4.74 Å². The second kappa shape index (κ2) is 9.93. The summed E-state index contributed by atoms with van der Waals surface area (Å²) < 4.78 is 10.2. The SMILES string of the molecule is COC(=O)OC/C=C/CN(Cc1ccccc1)C(=O)c1cc2ccc(Br)cc2[nH]1. The van der Waals surface area contributed by atoms with Crippen molar-refractivity contribution in [1.29, 1.82) is 0 Å². The largest absolute Gasteiger partial charge is 0.508 e. The third kappa shape index (κ3) is 5.71. The van der Waals surface area contributed by atoms with Crippen molar-refractivity contribution in [3.05, 3.63) is 82.5 Å². The number of fused-ring (bicyclic) bond motifs is 1. The molecule has 0 aliphatic rings. The van der Waals surface area contributed by atoms with E-state index in [0.29, 0.717) is 18.8 Å². The number of amides is 1. The zero-order chi connectivity index (χ0) is 20.6. The molecule has 0 saturated carbocycles. The topological polar surface area (TPSA) is 71.6 Å². The summed E-state index contributed by atoms with van der Waals surface area (Å²) in [6.07, 6.45) is 2.74. The van der Waals surface area contributed by atoms with Crippen molar-refractivity contribution in [3.63, 3.8) is 0 Å². The van der Waals surface area contributed by atoms with Gasteiger partial charge in [0.05, 0.1) is 7.11 Å². The molecule has 3 aromatic rings. The summed E-state index contributed by atoms with van der Waals surface area (Å²) in [4.78, 5) is 29.1. The highest BCUT2D eigenvalue weighted by Gasteiger charge is 2.17. The van der Waals surface area contributed by atoms with Crippen molar-refractivity contribution < 1.29 is 19.1 Å². The molecule has 3 rings (SSSR count). The molecule has 150 valence electrons. The first kappa shape index (κ1) is 20.7. The van der Waals surface area contributed by atoms with Crippen molar-refractivity contribution in [2.75, 3.05) is 20.3 Å². The van der Waals surface area contributed by atoms with E-state index >= 15 is 0 Å². The van der Waals surface area contributed by atoms with Crippen LogP contribution in [0.15, 0.2) is 71.2 Å². The van der Waals surface area contributed by atoms with Gasteiger partial charge in [0.25, 0.3) is 5.91 Å². The smallest absolute Gasteiger partial charge is 0.438 e. The lowest BCUT2D eigenvalue weighted by Crippen LogP contribution is -2.31. The zero-order valence-electron chi connectivity index (χ0n) is 15.9. The maximum atomic E-state index is 13.2. The molecule has 2 aromatic carbocycles. The van der Waals surface area contributed by atoms with Crippen molar-refractivity contribution in [3.8, 4) is 0 Å². The summed E-state index contributed by atoms with van der Waals surface area (Å²) >= 11 is 3.45. The van der Waals surface area contributed by atoms with Gasteiger partial charge in [0.15, 0.2) is 0 Å². The van der Waals surface area contributed by atoms with Crippen molar-refractivity contribution in [2.45, 2.75) is 6.54 Å². The standard InChI is InChI=1S/C22H21BrN2O4/c1-28-22(27)29-12-6-5-11-25(15-16-7-3-2-4-8-16)21(26)20-13-17-9-10-18(23)14-19(17)24-20/h2-10,13-14,24H,11-12,15H2,1H3/b6-5+. The number of aromatic amines is 1. The monoisotopic (exact) mass is 456 g/mol. The van der Waals surface area contributed by atoms with Crippen LogP contribution in [0, 0.1) is 0 Å². The van der Waals surface area contributed by atoms with Gasteiger partial charge in [-0.3, -0.25) is 4.79 Å². The molecular weight excluding hydrogens is 436 g/mol. The molecule has 0 saturated heterocycles. The van der Waals surface area contributed by atoms with Gasteiger partial charge in [0.1, 0.15) is 12.3 Å². The predicted molar refractivity (Wildman–Crippen MR) is 115 cm³/mol. The molecule has 0 atom stereocenters. The Kier molecular flexibility index (Phi) is 7.08. The molecular formula is C22H21BrN2O4. The first-order chi connectivity index (χ1) is 14.1. The Morgan fingerprint density at radius 3 is 2.66 bits per heavy atom. The number of carbonyl (C=O) groups is 2. The fourth-order valence-electron chi connectivity index (χ4n) is 2.85. The van der Waals surface area contributed by atoms with Gasteiger partial charge < -0.3 is 19.4 Å². The number of H-pyrrole nitrogens is 1. The number of halogens is 1. The van der Waals surface area contributed by atoms with Gasteiger partial charge in [-0.25, -0.2) is 4.79 Å². The van der Waals surface area contributed by atoms with Crippen LogP contribution in [0.4, 0.5) is 4.79 Å². The van der Waals surface area contributed by atoms with Crippen molar-refractivity contribution in [2.24, 2.45) is 0 Å². The van der Waals surface area contributed by atoms with Crippen LogP contribution in [0.25, 0.3) is 10.9 Å². The Bertz CT molecular complexity index is 1010. The fraction of sp³-hybridized carbons (Fsp3) is 0.182. The summed E-state index contributed by atoms with van der Waals surface area (Å²) in [5.74, 6) is -0.111. The van der Waals surface area contributed by atoms with E-state index in [2.05, 4.69) is 25.7 Å². The number of benzene rings is 2. The minimum atomic E-state index is -0.740. The number of aromatic nitrogens is 1. The average Bonchev–Trinajstić information content (AvgIpc) is 3.15. The van der Waals surface area contributed by atoms with E-state index in [0.717, 1.165) is 20.9 Å². The fourth-order valence-corrected chi connectivity index (χ4v) is 3.21. The van der Waals surface area contributed by atoms with E-state index < -0.39 is 6.16 Å². The normalized spacial score (nSPS) is 11.0. The van der Waals surface area contributed by atoms with Crippen LogP contribution in [0.5, 0.6) is 0 Å². The summed E-state index contributed by atoms with van der Waals surface area (Å²) in [6, 6.07) is 17.5. The minimum absolute atomic E-state index is 0.0838. The molecule has 0 spiro atoms. The van der Waals surface area contributed by atoms with Gasteiger partial charge in [-0.15, -0.1) is 0 Å². The molecule has 7 heteroatoms. The molecule has 6 nitrogen and oxygen atoms in total. The van der Waals surface area contributed by atoms with Crippen LogP contribution in [0.2, 0.25) is 0 Å². The van der Waals surface area contributed by atoms with Crippen molar-refractivity contribution >= 4 is 38.9 Å². The van der Waals surface area contributed by atoms with Crippen LogP contribution in [-0.2, 0) is 16.0 Å². The third-order valence-electron chi connectivity index (χ3n) is 4.27. The molecule has 0 fully saturated rings. The van der Waals surface area contributed by atoms with Crippen LogP contribution in [0.3, 0.4) is 0 Å². The van der Waals surface area contributed by atoms with Gasteiger partial charge in [0.2, 0.25) is 0 Å². The molecule has 1 aromatic heterocycles. The molecule has 29 heavy (non-hydrogen) atoms. The highest BCUT2D eigenvalue weighted by molar-refractivity contribution is 9.10. The second-order valence-electron chi connectivity index (χ2n) is 6.32. The first-order valence-electron chi connectivity index (χ1n) is 9.04. The molecule has 1 heterocycles. The van der Waals surface area contributed by atoms with Crippen molar-refractivity contribution in [1.82, 2.24) is 9.88 Å². The number of rotatable bonds is 7. The van der Waals surface area contributed by atoms with E-state index in [1.165, 1.54) is 7.11 Å². The van der Waals surface area contributed by atoms with Gasteiger partial charge in [-0.05, 0) is 29.8 Å². The van der Waals surface area contributed by atoms with E-state index in [-0.39, 0.29) is 12.5 Å². The van der Waals surface area contributed by atoms with Crippen LogP contribution >= 0.6 is 15.9 Å². The number of ether oxygens (including phenoxy) is 2. The summed E-state index contributed by atoms with van der Waals surface area (Å²) in [7, 11) is 1.26. The van der Waals surface area contributed by atoms with Crippen LogP contribution in [-0.4, -0.2) is 42.2 Å². The van der Waals surface area contributed by atoms with Gasteiger partial charge in [0, 0.05) is 28.5 Å². The molecule has 0 aliphatic carbocycles. The van der Waals surface area contributed by atoms with E-state index in [9.17, 15) is 9.59 Å². The van der Waals surface area contributed by atoms with E-state index in [1.54, 1.807) is 17.1 Å². The maximum Gasteiger partial charge on any atom is 0.508 e. The summed E-state index contributed by atoms with van der Waals surface area (Å²) in [5, 5.41) is 0.971. The van der Waals surface area contributed by atoms with Gasteiger partial charge in [-0.2, -0.15) is 0 Å². The molecule has 1 N–H and O–H groups in total. The van der Waals surface area contributed by atoms with Gasteiger partial charge in [-0.1, -0.05) is 58.4 Å². The lowest BCUT2D eigenvalue weighted by molar-refractivity contribution is 0.0751. The Hall–Kier alpha value is -3.06. The predicted octanol–water partition coefficient (Wildman–Crippen LogP) is 4.91. The third-order valence-corrected chi connectivity index (χ3v) is 4.77. The Labute approximate surface area is 177 Å². The quantitative estimate of drug-likeness (QED) is 0.404. The minimum Gasteiger partial charge on any atom is -0.438 e. The lowest BCUT2D eigenvalue weighted by atomic mass is 10.2. The zero-order valence-corrected chi connectivity index (χ0v) is 17.5. The summed E-state index contributed by atoms with van der Waals surface area (Å²) in [5.41, 5.74) is 2.44. The highest BCUT2D eigenvalue weighted by atomic mass is 79.9. The number of hydrogen-bond donors (Lipinski definition) is 1. The van der Waals surface area contributed by atoms with Crippen LogP contribution < -0.4 is 0 Å². The van der Waals surface area contributed by atoms with E-state index in [1.807, 2.05) is 54.6 Å². The molecule has 1 amide bonds. The summed E-state index contributed by atoms with van der Waals surface area (Å²) in [6.45, 7) is 0.915. The molecule has 0 unspecified atom stereocenters. The number of nitrogens with one attached hydrogen (secondary N) is 1. The molecule has 0 bridgehead atoms. The van der Waals surface area contributed by atoms with Crippen LogP contribution in [0.1, 0.15) is 16.1 Å². The average molecular weight is 457 g/mol. The Balaban J connectivity index is 1.76. The lowest BCUT2D eigenvalue weighted by Gasteiger charge is -2.21.